The Balaban J connectivity index is 0.000000294. The highest BCUT2D eigenvalue weighted by molar-refractivity contribution is 6.29. The van der Waals surface area contributed by atoms with Gasteiger partial charge in [-0.1, -0.05) is 11.6 Å². The molecule has 0 fully saturated rings. The molecule has 0 amide bonds. The minimum Gasteiger partial charge on any atom is -0.465 e. The molecular formula is C21H15ClF4N2O5. The molecule has 3 aromatic rings. The largest absolute Gasteiger partial charge is 0.573 e. The fourth-order valence-corrected chi connectivity index (χ4v) is 2.54. The van der Waals surface area contributed by atoms with Crippen molar-refractivity contribution < 1.29 is 41.4 Å². The van der Waals surface area contributed by atoms with E-state index in [2.05, 4.69) is 24.2 Å². The van der Waals surface area contributed by atoms with Gasteiger partial charge in [0.1, 0.15) is 16.7 Å². The molecule has 0 saturated heterocycles. The maximum absolute atomic E-state index is 13.9. The van der Waals surface area contributed by atoms with Crippen LogP contribution in [0.2, 0.25) is 5.15 Å². The van der Waals surface area contributed by atoms with Crippen molar-refractivity contribution in [2.24, 2.45) is 0 Å². The summed E-state index contributed by atoms with van der Waals surface area (Å²) < 4.78 is 62.7. The Bertz CT molecular complexity index is 1140. The zero-order chi connectivity index (χ0) is 24.6. The van der Waals surface area contributed by atoms with Crippen LogP contribution in [0.3, 0.4) is 0 Å². The van der Waals surface area contributed by atoms with Crippen LogP contribution in [0.15, 0.2) is 54.9 Å². The lowest BCUT2D eigenvalue weighted by Gasteiger charge is -2.10. The van der Waals surface area contributed by atoms with Crippen molar-refractivity contribution in [3.05, 3.63) is 77.0 Å². The maximum atomic E-state index is 13.9. The molecule has 7 nitrogen and oxygen atoms in total. The highest BCUT2D eigenvalue weighted by Crippen LogP contribution is 2.28. The van der Waals surface area contributed by atoms with Crippen LogP contribution in [-0.4, -0.2) is 42.5 Å². The van der Waals surface area contributed by atoms with Crippen LogP contribution in [0, 0.1) is 5.82 Å². The average Bonchev–Trinajstić information content (AvgIpc) is 2.77. The van der Waals surface area contributed by atoms with Crippen LogP contribution in [0.25, 0.3) is 11.3 Å². The monoisotopic (exact) mass is 486 g/mol. The number of esters is 2. The van der Waals surface area contributed by atoms with Crippen LogP contribution in [0.5, 0.6) is 5.75 Å². The Morgan fingerprint density at radius 1 is 0.879 bits per heavy atom. The van der Waals surface area contributed by atoms with Crippen molar-refractivity contribution in [2.45, 2.75) is 6.36 Å². The van der Waals surface area contributed by atoms with Crippen LogP contribution in [0.4, 0.5) is 17.6 Å². The van der Waals surface area contributed by atoms with E-state index in [1.165, 1.54) is 50.9 Å². The molecule has 0 unspecified atom stereocenters. The molecule has 12 heteroatoms. The van der Waals surface area contributed by atoms with Crippen molar-refractivity contribution in [3.8, 4) is 17.0 Å². The molecule has 3 rings (SSSR count). The van der Waals surface area contributed by atoms with Gasteiger partial charge in [-0.05, 0) is 36.4 Å². The third kappa shape index (κ3) is 7.72. The Hall–Kier alpha value is -3.73. The van der Waals surface area contributed by atoms with Gasteiger partial charge in [0.05, 0.1) is 31.0 Å². The van der Waals surface area contributed by atoms with E-state index in [0.717, 1.165) is 12.1 Å². The fraction of sp³-hybridized carbons (Fsp3) is 0.143. The number of carbonyl (C=O) groups excluding carboxylic acids is 2. The lowest BCUT2D eigenvalue weighted by atomic mass is 10.1. The lowest BCUT2D eigenvalue weighted by molar-refractivity contribution is -0.274. The highest BCUT2D eigenvalue weighted by Gasteiger charge is 2.31. The summed E-state index contributed by atoms with van der Waals surface area (Å²) in [5.41, 5.74) is 0.564. The predicted molar refractivity (Wildman–Crippen MR) is 108 cm³/mol. The summed E-state index contributed by atoms with van der Waals surface area (Å²) in [6.07, 6.45) is -2.19. The number of methoxy groups -OCH3 is 2. The highest BCUT2D eigenvalue weighted by atomic mass is 35.5. The minimum absolute atomic E-state index is 0.0692. The third-order valence-electron chi connectivity index (χ3n) is 3.78. The van der Waals surface area contributed by atoms with Gasteiger partial charge in [0.25, 0.3) is 0 Å². The number of rotatable bonds is 4. The van der Waals surface area contributed by atoms with Crippen LogP contribution in [0.1, 0.15) is 20.7 Å². The topological polar surface area (TPSA) is 87.6 Å². The van der Waals surface area contributed by atoms with Gasteiger partial charge in [-0.25, -0.2) is 19.0 Å². The SMILES string of the molecule is COC(=O)c1ccnc(-c2ccc(OC(F)(F)F)cc2F)c1.COC(=O)c1ccnc(Cl)c1. The van der Waals surface area contributed by atoms with E-state index in [9.17, 15) is 27.2 Å². The molecule has 2 aromatic heterocycles. The molecule has 174 valence electrons. The summed E-state index contributed by atoms with van der Waals surface area (Å²) in [7, 11) is 2.50. The van der Waals surface area contributed by atoms with Gasteiger partial charge < -0.3 is 14.2 Å². The zero-order valence-corrected chi connectivity index (χ0v) is 17.8. The van der Waals surface area contributed by atoms with Crippen molar-refractivity contribution in [3.63, 3.8) is 0 Å². The maximum Gasteiger partial charge on any atom is 0.573 e. The number of carbonyl (C=O) groups is 2. The molecule has 2 heterocycles. The van der Waals surface area contributed by atoms with E-state index in [0.29, 0.717) is 11.6 Å². The first kappa shape index (κ1) is 25.5. The van der Waals surface area contributed by atoms with E-state index >= 15 is 0 Å². The van der Waals surface area contributed by atoms with Crippen molar-refractivity contribution >= 4 is 23.5 Å². The Morgan fingerprint density at radius 3 is 1.97 bits per heavy atom. The van der Waals surface area contributed by atoms with E-state index in [1.807, 2.05) is 0 Å². The zero-order valence-electron chi connectivity index (χ0n) is 17.0. The van der Waals surface area contributed by atoms with E-state index in [1.54, 1.807) is 0 Å². The Kier molecular flexibility index (Phi) is 8.69. The second-order valence-electron chi connectivity index (χ2n) is 5.97. The molecule has 0 saturated carbocycles. The van der Waals surface area contributed by atoms with E-state index in [4.69, 9.17) is 11.6 Å². The first-order valence-electron chi connectivity index (χ1n) is 8.84. The third-order valence-corrected chi connectivity index (χ3v) is 3.99. The number of hydrogen-bond acceptors (Lipinski definition) is 7. The van der Waals surface area contributed by atoms with E-state index < -0.39 is 29.9 Å². The molecule has 0 bridgehead atoms. The normalized spacial score (nSPS) is 10.5. The number of alkyl halides is 3. The second-order valence-corrected chi connectivity index (χ2v) is 6.36. The predicted octanol–water partition coefficient (Wildman–Crippen LogP) is 5.09. The number of aromatic nitrogens is 2. The smallest absolute Gasteiger partial charge is 0.465 e. The number of halogens is 5. The standard InChI is InChI=1S/C14H9F4NO3.C7H6ClNO2/c1-21-13(20)8-4-5-19-12(6-8)10-3-2-9(7-11(10)15)22-14(16,17)18;1-11-7(10)5-2-3-9-6(8)4-5/h2-7H,1H3;2-4H,1H3. The van der Waals surface area contributed by atoms with Crippen LogP contribution >= 0.6 is 11.6 Å². The number of ether oxygens (including phenoxy) is 3. The summed E-state index contributed by atoms with van der Waals surface area (Å²) in [6, 6.07) is 8.27. The molecule has 0 N–H and O–H groups in total. The summed E-state index contributed by atoms with van der Waals surface area (Å²) in [4.78, 5) is 29.9. The summed E-state index contributed by atoms with van der Waals surface area (Å²) in [5.74, 6) is -2.69. The second kappa shape index (κ2) is 11.2. The Morgan fingerprint density at radius 2 is 1.45 bits per heavy atom. The average molecular weight is 487 g/mol. The number of pyridine rings is 2. The number of benzene rings is 1. The summed E-state index contributed by atoms with van der Waals surface area (Å²) in [6.45, 7) is 0. The van der Waals surface area contributed by atoms with Crippen LogP contribution in [-0.2, 0) is 9.47 Å². The van der Waals surface area contributed by atoms with Gasteiger partial charge in [0.2, 0.25) is 0 Å². The van der Waals surface area contributed by atoms with E-state index in [-0.39, 0.29) is 22.0 Å². The fourth-order valence-electron chi connectivity index (χ4n) is 2.37. The summed E-state index contributed by atoms with van der Waals surface area (Å²) in [5, 5.41) is 0.285. The molecule has 0 radical (unpaired) electrons. The first-order valence-corrected chi connectivity index (χ1v) is 9.21. The van der Waals surface area contributed by atoms with Crippen molar-refractivity contribution in [1.82, 2.24) is 9.97 Å². The molecule has 0 spiro atoms. The van der Waals surface area contributed by atoms with Gasteiger partial charge in [-0.15, -0.1) is 13.2 Å². The van der Waals surface area contributed by atoms with Gasteiger partial charge in [0.15, 0.2) is 0 Å². The number of nitrogens with zero attached hydrogens (tertiary/aromatic N) is 2. The minimum atomic E-state index is -4.91. The van der Waals surface area contributed by atoms with Crippen molar-refractivity contribution in [2.75, 3.05) is 14.2 Å². The molecule has 0 aliphatic heterocycles. The summed E-state index contributed by atoms with van der Waals surface area (Å²) >= 11 is 5.53. The van der Waals surface area contributed by atoms with Crippen molar-refractivity contribution in [1.29, 1.82) is 0 Å². The Labute approximate surface area is 189 Å². The van der Waals surface area contributed by atoms with Gasteiger partial charge in [0, 0.05) is 24.0 Å². The number of hydrogen-bond donors (Lipinski definition) is 0. The lowest BCUT2D eigenvalue weighted by Crippen LogP contribution is -2.17. The van der Waals surface area contributed by atoms with Crippen LogP contribution < -0.4 is 4.74 Å². The first-order chi connectivity index (χ1) is 15.5. The van der Waals surface area contributed by atoms with Gasteiger partial charge in [-0.3, -0.25) is 4.98 Å². The molecular weight excluding hydrogens is 472 g/mol. The molecule has 0 atom stereocenters. The van der Waals surface area contributed by atoms with Gasteiger partial charge in [-0.2, -0.15) is 0 Å². The molecule has 0 aliphatic rings. The molecule has 0 aliphatic carbocycles. The van der Waals surface area contributed by atoms with Gasteiger partial charge >= 0.3 is 18.3 Å². The molecule has 1 aromatic carbocycles. The quantitative estimate of drug-likeness (QED) is 0.288. The molecule has 33 heavy (non-hydrogen) atoms.